The van der Waals surface area contributed by atoms with Crippen LogP contribution in [0.2, 0.25) is 0 Å². The molecular formula is C19H14F3N5O3S. The first-order chi connectivity index (χ1) is 14.6. The zero-order chi connectivity index (χ0) is 22.3. The fourth-order valence-electron chi connectivity index (χ4n) is 3.10. The van der Waals surface area contributed by atoms with Gasteiger partial charge in [-0.1, -0.05) is 6.07 Å². The van der Waals surface area contributed by atoms with Crippen molar-refractivity contribution in [1.29, 1.82) is 0 Å². The molecule has 0 spiro atoms. The van der Waals surface area contributed by atoms with Crippen molar-refractivity contribution in [3.8, 4) is 5.69 Å². The number of carbonyl (C=O) groups is 1. The summed E-state index contributed by atoms with van der Waals surface area (Å²) in [7, 11) is 0. The van der Waals surface area contributed by atoms with Gasteiger partial charge in [0.25, 0.3) is 5.56 Å². The average molecular weight is 449 g/mol. The van der Waals surface area contributed by atoms with Crippen molar-refractivity contribution in [3.63, 3.8) is 0 Å². The van der Waals surface area contributed by atoms with E-state index in [2.05, 4.69) is 15.5 Å². The number of amides is 1. The van der Waals surface area contributed by atoms with Crippen LogP contribution in [0.1, 0.15) is 11.3 Å². The number of alkyl halides is 3. The second-order valence-electron chi connectivity index (χ2n) is 6.68. The van der Waals surface area contributed by atoms with Crippen LogP contribution in [0.15, 0.2) is 51.4 Å². The molecule has 31 heavy (non-hydrogen) atoms. The first kappa shape index (κ1) is 20.6. The van der Waals surface area contributed by atoms with Gasteiger partial charge in [-0.3, -0.25) is 19.3 Å². The summed E-state index contributed by atoms with van der Waals surface area (Å²) in [6.45, 7) is 1.28. The number of carbonyl (C=O) groups excluding carboxylic acids is 1. The van der Waals surface area contributed by atoms with E-state index in [1.54, 1.807) is 18.4 Å². The van der Waals surface area contributed by atoms with Gasteiger partial charge in [0.2, 0.25) is 5.91 Å². The standard InChI is InChI=1S/C19H14F3N5O3S/c1-10-7-14(25-24-10)23-15(28)9-26-13-5-6-31-16(13)17(29)27(18(26)30)12-4-2-3-11(8-12)19(20,21)22/h2-8H,9H2,1H3,(H2,23,24,25,28). The number of thiophene rings is 1. The maximum atomic E-state index is 13.1. The maximum absolute atomic E-state index is 13.1. The molecule has 4 rings (SSSR count). The number of H-pyrrole nitrogens is 1. The normalized spacial score (nSPS) is 11.7. The SMILES string of the molecule is Cc1cc(NC(=O)Cn2c(=O)n(-c3cccc(C(F)(F)F)c3)c(=O)c3sccc32)n[nH]1. The first-order valence-corrected chi connectivity index (χ1v) is 9.75. The number of aryl methyl sites for hydroxylation is 1. The highest BCUT2D eigenvalue weighted by Crippen LogP contribution is 2.30. The summed E-state index contributed by atoms with van der Waals surface area (Å²) in [5, 5.41) is 10.6. The minimum Gasteiger partial charge on any atom is -0.308 e. The highest BCUT2D eigenvalue weighted by Gasteiger charge is 2.31. The number of nitrogens with one attached hydrogen (secondary N) is 2. The number of rotatable bonds is 4. The zero-order valence-corrected chi connectivity index (χ0v) is 16.7. The van der Waals surface area contributed by atoms with Gasteiger partial charge in [0, 0.05) is 11.8 Å². The van der Waals surface area contributed by atoms with Crippen molar-refractivity contribution < 1.29 is 18.0 Å². The van der Waals surface area contributed by atoms with Crippen LogP contribution in [-0.4, -0.2) is 25.2 Å². The van der Waals surface area contributed by atoms with E-state index in [0.717, 1.165) is 34.1 Å². The smallest absolute Gasteiger partial charge is 0.308 e. The van der Waals surface area contributed by atoms with Crippen molar-refractivity contribution in [1.82, 2.24) is 19.3 Å². The van der Waals surface area contributed by atoms with E-state index in [9.17, 15) is 27.6 Å². The second kappa shape index (κ2) is 7.54. The molecular weight excluding hydrogens is 435 g/mol. The third kappa shape index (κ3) is 3.89. The summed E-state index contributed by atoms with van der Waals surface area (Å²) in [6, 6.07) is 7.00. The third-order valence-corrected chi connectivity index (χ3v) is 5.35. The van der Waals surface area contributed by atoms with Gasteiger partial charge < -0.3 is 5.32 Å². The Bertz CT molecular complexity index is 1410. The van der Waals surface area contributed by atoms with Crippen molar-refractivity contribution in [2.45, 2.75) is 19.6 Å². The van der Waals surface area contributed by atoms with Crippen LogP contribution in [0.3, 0.4) is 0 Å². The van der Waals surface area contributed by atoms with E-state index < -0.39 is 35.4 Å². The predicted molar refractivity (Wildman–Crippen MR) is 109 cm³/mol. The number of halogens is 3. The van der Waals surface area contributed by atoms with Gasteiger partial charge in [-0.2, -0.15) is 18.3 Å². The molecule has 3 aromatic heterocycles. The van der Waals surface area contributed by atoms with Gasteiger partial charge in [0.15, 0.2) is 5.82 Å². The molecule has 0 aliphatic carbocycles. The topological polar surface area (TPSA) is 102 Å². The number of hydrogen-bond donors (Lipinski definition) is 2. The first-order valence-electron chi connectivity index (χ1n) is 8.87. The molecule has 4 aromatic rings. The molecule has 0 aliphatic rings. The third-order valence-electron chi connectivity index (χ3n) is 4.46. The van der Waals surface area contributed by atoms with Gasteiger partial charge in [-0.25, -0.2) is 9.36 Å². The molecule has 2 N–H and O–H groups in total. The van der Waals surface area contributed by atoms with Gasteiger partial charge in [0.1, 0.15) is 11.2 Å². The Hall–Kier alpha value is -3.67. The Kier molecular flexibility index (Phi) is 5.01. The molecule has 0 aliphatic heterocycles. The molecule has 0 saturated heterocycles. The Morgan fingerprint density at radius 3 is 2.68 bits per heavy atom. The summed E-state index contributed by atoms with van der Waals surface area (Å²) in [5.41, 5.74) is -1.99. The quantitative estimate of drug-likeness (QED) is 0.500. The lowest BCUT2D eigenvalue weighted by Gasteiger charge is -2.13. The molecule has 0 radical (unpaired) electrons. The molecule has 8 nitrogen and oxygen atoms in total. The minimum atomic E-state index is -4.65. The van der Waals surface area contributed by atoms with Crippen LogP contribution in [0, 0.1) is 6.92 Å². The molecule has 1 amide bonds. The van der Waals surface area contributed by atoms with Crippen LogP contribution in [0.4, 0.5) is 19.0 Å². The van der Waals surface area contributed by atoms with Gasteiger partial charge in [-0.05, 0) is 36.6 Å². The van der Waals surface area contributed by atoms with Crippen molar-refractivity contribution in [3.05, 3.63) is 73.9 Å². The highest BCUT2D eigenvalue weighted by molar-refractivity contribution is 7.17. The van der Waals surface area contributed by atoms with Gasteiger partial charge in [-0.15, -0.1) is 11.3 Å². The van der Waals surface area contributed by atoms with E-state index in [1.807, 2.05) is 0 Å². The van der Waals surface area contributed by atoms with E-state index >= 15 is 0 Å². The van der Waals surface area contributed by atoms with Crippen molar-refractivity contribution in [2.24, 2.45) is 0 Å². The van der Waals surface area contributed by atoms with Crippen LogP contribution in [0.5, 0.6) is 0 Å². The fourth-order valence-corrected chi connectivity index (χ4v) is 3.92. The molecule has 0 unspecified atom stereocenters. The summed E-state index contributed by atoms with van der Waals surface area (Å²) in [6.07, 6.45) is -4.65. The van der Waals surface area contributed by atoms with E-state index in [1.165, 1.54) is 12.1 Å². The molecule has 12 heteroatoms. The summed E-state index contributed by atoms with van der Waals surface area (Å²) >= 11 is 1.03. The Balaban J connectivity index is 1.82. The largest absolute Gasteiger partial charge is 0.416 e. The lowest BCUT2D eigenvalue weighted by Crippen LogP contribution is -2.40. The number of fused-ring (bicyclic) bond motifs is 1. The van der Waals surface area contributed by atoms with E-state index in [4.69, 9.17) is 0 Å². The second-order valence-corrected chi connectivity index (χ2v) is 7.59. The fraction of sp³-hybridized carbons (Fsp3) is 0.158. The maximum Gasteiger partial charge on any atom is 0.416 e. The Morgan fingerprint density at radius 2 is 2.00 bits per heavy atom. The lowest BCUT2D eigenvalue weighted by molar-refractivity contribution is -0.137. The van der Waals surface area contributed by atoms with Crippen molar-refractivity contribution >= 4 is 33.3 Å². The monoisotopic (exact) mass is 449 g/mol. The average Bonchev–Trinajstić information content (AvgIpc) is 3.34. The molecule has 0 atom stereocenters. The van der Waals surface area contributed by atoms with E-state index in [0.29, 0.717) is 10.3 Å². The molecule has 160 valence electrons. The van der Waals surface area contributed by atoms with Crippen LogP contribution in [-0.2, 0) is 17.5 Å². The zero-order valence-electron chi connectivity index (χ0n) is 15.9. The minimum absolute atomic E-state index is 0.139. The molecule has 0 bridgehead atoms. The highest BCUT2D eigenvalue weighted by atomic mass is 32.1. The van der Waals surface area contributed by atoms with Crippen molar-refractivity contribution in [2.75, 3.05) is 5.32 Å². The van der Waals surface area contributed by atoms with Crippen LogP contribution < -0.4 is 16.6 Å². The number of hydrogen-bond acceptors (Lipinski definition) is 5. The number of benzene rings is 1. The number of aromatic nitrogens is 4. The Morgan fingerprint density at radius 1 is 1.23 bits per heavy atom. The van der Waals surface area contributed by atoms with Gasteiger partial charge >= 0.3 is 11.9 Å². The summed E-state index contributed by atoms with van der Waals surface area (Å²) < 4.78 is 41.2. The molecule has 1 aromatic carbocycles. The summed E-state index contributed by atoms with van der Waals surface area (Å²) in [5.74, 6) is -0.335. The number of aromatic amines is 1. The molecule has 0 saturated carbocycles. The van der Waals surface area contributed by atoms with Crippen LogP contribution in [0.25, 0.3) is 15.9 Å². The van der Waals surface area contributed by atoms with Gasteiger partial charge in [0.05, 0.1) is 16.8 Å². The number of anilines is 1. The summed E-state index contributed by atoms with van der Waals surface area (Å²) in [4.78, 5) is 38.4. The molecule has 3 heterocycles. The Labute approximate surface area is 175 Å². The predicted octanol–water partition coefficient (Wildman–Crippen LogP) is 2.90. The van der Waals surface area contributed by atoms with E-state index in [-0.39, 0.29) is 21.7 Å². The lowest BCUT2D eigenvalue weighted by atomic mass is 10.2. The van der Waals surface area contributed by atoms with Crippen LogP contribution >= 0.6 is 11.3 Å². The molecule has 0 fully saturated rings. The number of nitrogens with zero attached hydrogens (tertiary/aromatic N) is 3.